The van der Waals surface area contributed by atoms with E-state index in [0.717, 1.165) is 15.3 Å². The first-order valence-corrected chi connectivity index (χ1v) is 10.7. The van der Waals surface area contributed by atoms with E-state index in [1.807, 2.05) is 12.1 Å². The lowest BCUT2D eigenvalue weighted by molar-refractivity contribution is -0.129. The van der Waals surface area contributed by atoms with Gasteiger partial charge in [-0.3, -0.25) is 9.59 Å². The quantitative estimate of drug-likeness (QED) is 0.567. The number of hydrogen-bond donors (Lipinski definition) is 1. The van der Waals surface area contributed by atoms with E-state index in [0.29, 0.717) is 35.1 Å². The molecule has 1 aromatic heterocycles. The monoisotopic (exact) mass is 438 g/mol. The molecule has 3 rings (SSSR count). The van der Waals surface area contributed by atoms with Crippen molar-refractivity contribution in [1.82, 2.24) is 4.90 Å². The van der Waals surface area contributed by atoms with Gasteiger partial charge in [-0.15, -0.1) is 23.1 Å². The lowest BCUT2D eigenvalue weighted by Crippen LogP contribution is -2.33. The highest BCUT2D eigenvalue weighted by atomic mass is 35.5. The van der Waals surface area contributed by atoms with Crippen molar-refractivity contribution >= 4 is 57.5 Å². The second-order valence-electron chi connectivity index (χ2n) is 6.18. The van der Waals surface area contributed by atoms with Crippen LogP contribution < -0.4 is 5.32 Å². The van der Waals surface area contributed by atoms with Crippen molar-refractivity contribution in [1.29, 1.82) is 0 Å². The molecule has 9 heteroatoms. The van der Waals surface area contributed by atoms with E-state index in [-0.39, 0.29) is 17.6 Å². The molecule has 1 aliphatic rings. The van der Waals surface area contributed by atoms with Crippen LogP contribution in [-0.2, 0) is 27.3 Å². The van der Waals surface area contributed by atoms with Crippen LogP contribution in [0.4, 0.5) is 5.00 Å². The summed E-state index contributed by atoms with van der Waals surface area (Å²) in [5.74, 6) is -0.505. The average Bonchev–Trinajstić information content (AvgIpc) is 3.03. The van der Waals surface area contributed by atoms with Crippen molar-refractivity contribution < 1.29 is 19.1 Å². The summed E-state index contributed by atoms with van der Waals surface area (Å²) in [6, 6.07) is 7.23. The number of nitrogens with one attached hydrogen (secondary N) is 1. The van der Waals surface area contributed by atoms with Crippen LogP contribution in [0.3, 0.4) is 0 Å². The van der Waals surface area contributed by atoms with Crippen LogP contribution in [-0.4, -0.2) is 42.1 Å². The summed E-state index contributed by atoms with van der Waals surface area (Å²) in [6.45, 7) is 2.51. The highest BCUT2D eigenvalue weighted by Gasteiger charge is 2.30. The van der Waals surface area contributed by atoms with Gasteiger partial charge in [0.15, 0.2) is 0 Å². The smallest absolute Gasteiger partial charge is 0.341 e. The third kappa shape index (κ3) is 4.68. The van der Waals surface area contributed by atoms with Crippen LogP contribution in [0.2, 0.25) is 5.02 Å². The van der Waals surface area contributed by atoms with Crippen LogP contribution in [0.1, 0.15) is 27.7 Å². The number of esters is 1. The van der Waals surface area contributed by atoms with Crippen molar-refractivity contribution in [2.24, 2.45) is 0 Å². The number of ether oxygens (including phenoxy) is 1. The van der Waals surface area contributed by atoms with E-state index in [1.165, 1.54) is 37.1 Å². The van der Waals surface area contributed by atoms with Gasteiger partial charge in [0.05, 0.1) is 25.0 Å². The van der Waals surface area contributed by atoms with Gasteiger partial charge in [0.2, 0.25) is 11.8 Å². The van der Waals surface area contributed by atoms with Gasteiger partial charge in [-0.25, -0.2) is 4.79 Å². The molecule has 0 aliphatic carbocycles. The van der Waals surface area contributed by atoms with Gasteiger partial charge in [-0.1, -0.05) is 11.6 Å². The number of carbonyl (C=O) groups excluding carboxylic acids is 3. The van der Waals surface area contributed by atoms with E-state index in [1.54, 1.807) is 17.0 Å². The fraction of sp³-hybridized carbons (Fsp3) is 0.316. The molecular weight excluding hydrogens is 420 g/mol. The Hall–Kier alpha value is -2.03. The molecule has 0 atom stereocenters. The Labute approximate surface area is 176 Å². The van der Waals surface area contributed by atoms with E-state index >= 15 is 0 Å². The summed E-state index contributed by atoms with van der Waals surface area (Å²) in [7, 11) is 1.32. The number of amides is 2. The number of thiophene rings is 1. The van der Waals surface area contributed by atoms with Crippen molar-refractivity contribution in [2.75, 3.05) is 24.7 Å². The lowest BCUT2D eigenvalue weighted by Gasteiger charge is -2.25. The highest BCUT2D eigenvalue weighted by Crippen LogP contribution is 2.37. The first kappa shape index (κ1) is 20.7. The van der Waals surface area contributed by atoms with E-state index in [2.05, 4.69) is 5.32 Å². The number of benzene rings is 1. The maximum atomic E-state index is 12.4. The zero-order valence-corrected chi connectivity index (χ0v) is 17.8. The summed E-state index contributed by atoms with van der Waals surface area (Å²) >= 11 is 8.57. The molecule has 0 saturated heterocycles. The molecular formula is C19H19ClN2O4S2. The summed E-state index contributed by atoms with van der Waals surface area (Å²) in [6.07, 6.45) is 0.561. The van der Waals surface area contributed by atoms with E-state index < -0.39 is 5.97 Å². The maximum Gasteiger partial charge on any atom is 0.341 e. The molecule has 2 amide bonds. The van der Waals surface area contributed by atoms with Crippen LogP contribution in [0.15, 0.2) is 29.2 Å². The first-order valence-electron chi connectivity index (χ1n) is 8.55. The predicted molar refractivity (Wildman–Crippen MR) is 111 cm³/mol. The van der Waals surface area contributed by atoms with Gasteiger partial charge >= 0.3 is 5.97 Å². The molecule has 0 radical (unpaired) electrons. The molecule has 0 fully saturated rings. The van der Waals surface area contributed by atoms with Crippen LogP contribution in [0, 0.1) is 0 Å². The molecule has 0 saturated carbocycles. The SMILES string of the molecule is COC(=O)c1c(NC(=O)CSc2ccc(Cl)cc2)sc2c1CCN(C(C)=O)C2. The van der Waals surface area contributed by atoms with Crippen molar-refractivity contribution in [3.8, 4) is 0 Å². The Morgan fingerprint density at radius 1 is 1.29 bits per heavy atom. The van der Waals surface area contributed by atoms with Gasteiger partial charge in [0.25, 0.3) is 0 Å². The van der Waals surface area contributed by atoms with Gasteiger partial charge in [0.1, 0.15) is 5.00 Å². The number of methoxy groups -OCH3 is 1. The number of fused-ring (bicyclic) bond motifs is 1. The van der Waals surface area contributed by atoms with Crippen LogP contribution in [0.25, 0.3) is 0 Å². The molecule has 1 aromatic carbocycles. The molecule has 148 valence electrons. The van der Waals surface area contributed by atoms with E-state index in [4.69, 9.17) is 16.3 Å². The minimum absolute atomic E-state index is 0.0105. The molecule has 0 unspecified atom stereocenters. The standard InChI is InChI=1S/C19H19ClN2O4S2/c1-11(23)22-8-7-14-15(9-22)28-18(17(14)19(25)26-2)21-16(24)10-27-13-5-3-12(20)4-6-13/h3-6H,7-10H2,1-2H3,(H,21,24). The number of carbonyl (C=O) groups is 3. The van der Waals surface area contributed by atoms with Crippen LogP contribution in [0.5, 0.6) is 0 Å². The summed E-state index contributed by atoms with van der Waals surface area (Å²) < 4.78 is 4.92. The summed E-state index contributed by atoms with van der Waals surface area (Å²) in [5, 5.41) is 3.95. The molecule has 1 aliphatic heterocycles. The number of hydrogen-bond acceptors (Lipinski definition) is 6. The Morgan fingerprint density at radius 3 is 2.64 bits per heavy atom. The van der Waals surface area contributed by atoms with Gasteiger partial charge in [0, 0.05) is 28.3 Å². The largest absolute Gasteiger partial charge is 0.465 e. The second-order valence-corrected chi connectivity index (χ2v) is 8.77. The molecule has 1 N–H and O–H groups in total. The number of thioether (sulfide) groups is 1. The molecule has 0 bridgehead atoms. The van der Waals surface area contributed by atoms with Crippen molar-refractivity contribution in [2.45, 2.75) is 24.8 Å². The number of nitrogens with zero attached hydrogens (tertiary/aromatic N) is 1. The van der Waals surface area contributed by atoms with Gasteiger partial charge in [-0.2, -0.15) is 0 Å². The molecule has 2 heterocycles. The molecule has 28 heavy (non-hydrogen) atoms. The van der Waals surface area contributed by atoms with Gasteiger partial charge < -0.3 is 15.0 Å². The summed E-state index contributed by atoms with van der Waals surface area (Å²) in [4.78, 5) is 40.0. The molecule has 2 aromatic rings. The highest BCUT2D eigenvalue weighted by molar-refractivity contribution is 8.00. The van der Waals surface area contributed by atoms with Gasteiger partial charge in [-0.05, 0) is 36.2 Å². The lowest BCUT2D eigenvalue weighted by atomic mass is 10.0. The third-order valence-corrected chi connectivity index (χ3v) is 6.72. The minimum atomic E-state index is -0.477. The fourth-order valence-corrected chi connectivity index (χ4v) is 5.01. The predicted octanol–water partition coefficient (Wildman–Crippen LogP) is 3.82. The average molecular weight is 439 g/mol. The Bertz CT molecular complexity index is 911. The third-order valence-electron chi connectivity index (χ3n) is 4.33. The minimum Gasteiger partial charge on any atom is -0.465 e. The summed E-state index contributed by atoms with van der Waals surface area (Å²) in [5.41, 5.74) is 1.26. The Morgan fingerprint density at radius 2 is 2.00 bits per heavy atom. The second kappa shape index (κ2) is 8.98. The number of rotatable bonds is 5. The topological polar surface area (TPSA) is 75.7 Å². The first-order chi connectivity index (χ1) is 13.4. The van der Waals surface area contributed by atoms with Crippen molar-refractivity contribution in [3.05, 3.63) is 45.3 Å². The van der Waals surface area contributed by atoms with Crippen LogP contribution >= 0.6 is 34.7 Å². The maximum absolute atomic E-state index is 12.4. The molecule has 0 spiro atoms. The Kier molecular flexibility index (Phi) is 6.64. The zero-order valence-electron chi connectivity index (χ0n) is 15.4. The van der Waals surface area contributed by atoms with E-state index in [9.17, 15) is 14.4 Å². The normalized spacial score (nSPS) is 13.0. The van der Waals surface area contributed by atoms with Crippen molar-refractivity contribution in [3.63, 3.8) is 0 Å². The fourth-order valence-electron chi connectivity index (χ4n) is 2.92. The number of anilines is 1. The zero-order chi connectivity index (χ0) is 20.3. The number of halogens is 1. The Balaban J connectivity index is 1.75. The molecule has 6 nitrogen and oxygen atoms in total.